The van der Waals surface area contributed by atoms with Crippen molar-refractivity contribution in [3.63, 3.8) is 0 Å². The molecule has 0 spiro atoms. The standard InChI is InChI=1S/C12H14ClF3N2/c13-11-4-3-9(6-10(11)12(14,15)16)18-8-2-1-7(17)5-8/h3-4,6-8,18H,1-2,5,17H2. The molecule has 2 atom stereocenters. The first-order valence-electron chi connectivity index (χ1n) is 5.75. The molecule has 1 aromatic carbocycles. The Kier molecular flexibility index (Phi) is 3.73. The maximum atomic E-state index is 12.7. The molecule has 100 valence electrons. The Hall–Kier alpha value is -0.940. The first-order chi connectivity index (χ1) is 8.36. The van der Waals surface area contributed by atoms with Crippen LogP contribution in [0, 0.1) is 0 Å². The van der Waals surface area contributed by atoms with E-state index in [1.807, 2.05) is 0 Å². The van der Waals surface area contributed by atoms with Gasteiger partial charge in [-0.05, 0) is 37.5 Å². The molecule has 0 aromatic heterocycles. The molecular formula is C12H14ClF3N2. The smallest absolute Gasteiger partial charge is 0.382 e. The normalized spacial score (nSPS) is 24.3. The van der Waals surface area contributed by atoms with E-state index in [1.54, 1.807) is 6.07 Å². The minimum Gasteiger partial charge on any atom is -0.382 e. The van der Waals surface area contributed by atoms with Crippen LogP contribution in [0.4, 0.5) is 18.9 Å². The van der Waals surface area contributed by atoms with Gasteiger partial charge in [0.15, 0.2) is 0 Å². The maximum Gasteiger partial charge on any atom is 0.417 e. The van der Waals surface area contributed by atoms with Gasteiger partial charge in [-0.3, -0.25) is 0 Å². The fourth-order valence-corrected chi connectivity index (χ4v) is 2.44. The third kappa shape index (κ3) is 3.09. The quantitative estimate of drug-likeness (QED) is 0.866. The van der Waals surface area contributed by atoms with Gasteiger partial charge in [0.2, 0.25) is 0 Å². The summed E-state index contributed by atoms with van der Waals surface area (Å²) >= 11 is 5.55. The van der Waals surface area contributed by atoms with E-state index in [4.69, 9.17) is 17.3 Å². The van der Waals surface area contributed by atoms with Gasteiger partial charge >= 0.3 is 6.18 Å². The van der Waals surface area contributed by atoms with Crippen LogP contribution in [0.15, 0.2) is 18.2 Å². The molecule has 6 heteroatoms. The van der Waals surface area contributed by atoms with Crippen LogP contribution < -0.4 is 11.1 Å². The summed E-state index contributed by atoms with van der Waals surface area (Å²) in [5, 5.41) is 2.79. The van der Waals surface area contributed by atoms with Gasteiger partial charge in [-0.25, -0.2) is 0 Å². The molecule has 18 heavy (non-hydrogen) atoms. The second-order valence-electron chi connectivity index (χ2n) is 4.61. The van der Waals surface area contributed by atoms with Crippen LogP contribution in [-0.2, 0) is 6.18 Å². The first-order valence-corrected chi connectivity index (χ1v) is 6.13. The highest BCUT2D eigenvalue weighted by Gasteiger charge is 2.33. The predicted molar refractivity (Wildman–Crippen MR) is 65.7 cm³/mol. The lowest BCUT2D eigenvalue weighted by Gasteiger charge is -2.16. The summed E-state index contributed by atoms with van der Waals surface area (Å²) in [7, 11) is 0. The van der Waals surface area contributed by atoms with Crippen LogP contribution in [-0.4, -0.2) is 12.1 Å². The van der Waals surface area contributed by atoms with E-state index in [9.17, 15) is 13.2 Å². The van der Waals surface area contributed by atoms with Crippen LogP contribution in [0.1, 0.15) is 24.8 Å². The second-order valence-corrected chi connectivity index (χ2v) is 5.01. The van der Waals surface area contributed by atoms with Gasteiger partial charge in [0, 0.05) is 17.8 Å². The number of benzene rings is 1. The molecule has 0 bridgehead atoms. The third-order valence-electron chi connectivity index (χ3n) is 3.12. The lowest BCUT2D eigenvalue weighted by atomic mass is 10.1. The Bertz CT molecular complexity index is 434. The van der Waals surface area contributed by atoms with Crippen molar-refractivity contribution in [2.75, 3.05) is 5.32 Å². The molecule has 0 amide bonds. The fourth-order valence-electron chi connectivity index (χ4n) is 2.22. The average Bonchev–Trinajstić information content (AvgIpc) is 2.65. The number of halogens is 4. The molecule has 1 aliphatic rings. The molecular weight excluding hydrogens is 265 g/mol. The van der Waals surface area contributed by atoms with Gasteiger partial charge in [0.25, 0.3) is 0 Å². The topological polar surface area (TPSA) is 38.0 Å². The Morgan fingerprint density at radius 2 is 2.00 bits per heavy atom. The van der Waals surface area contributed by atoms with E-state index in [0.717, 1.165) is 25.3 Å². The van der Waals surface area contributed by atoms with Crippen molar-refractivity contribution in [1.29, 1.82) is 0 Å². The predicted octanol–water partition coefficient (Wildman–Crippen LogP) is 3.65. The zero-order chi connectivity index (χ0) is 13.3. The number of nitrogens with two attached hydrogens (primary N) is 1. The highest BCUT2D eigenvalue weighted by atomic mass is 35.5. The molecule has 0 aliphatic heterocycles. The van der Waals surface area contributed by atoms with E-state index in [0.29, 0.717) is 5.69 Å². The summed E-state index contributed by atoms with van der Waals surface area (Å²) in [5.74, 6) is 0. The number of alkyl halides is 3. The zero-order valence-electron chi connectivity index (χ0n) is 9.60. The molecule has 2 nitrogen and oxygen atoms in total. The molecule has 1 fully saturated rings. The van der Waals surface area contributed by atoms with Crippen LogP contribution in [0.3, 0.4) is 0 Å². The van der Waals surface area contributed by atoms with Crippen molar-refractivity contribution in [1.82, 2.24) is 0 Å². The summed E-state index contributed by atoms with van der Waals surface area (Å²) in [5.41, 5.74) is 5.39. The summed E-state index contributed by atoms with van der Waals surface area (Å²) in [6.45, 7) is 0. The lowest BCUT2D eigenvalue weighted by Crippen LogP contribution is -2.21. The lowest BCUT2D eigenvalue weighted by molar-refractivity contribution is -0.137. The fraction of sp³-hybridized carbons (Fsp3) is 0.500. The summed E-state index contributed by atoms with van der Waals surface area (Å²) < 4.78 is 38.0. The molecule has 1 saturated carbocycles. The van der Waals surface area contributed by atoms with Crippen molar-refractivity contribution in [2.45, 2.75) is 37.5 Å². The number of hydrogen-bond acceptors (Lipinski definition) is 2. The largest absolute Gasteiger partial charge is 0.417 e. The second kappa shape index (κ2) is 4.97. The summed E-state index contributed by atoms with van der Waals surface area (Å²) in [6.07, 6.45) is -1.87. The Morgan fingerprint density at radius 3 is 2.56 bits per heavy atom. The molecule has 2 unspecified atom stereocenters. The van der Waals surface area contributed by atoms with Crippen LogP contribution >= 0.6 is 11.6 Å². The zero-order valence-corrected chi connectivity index (χ0v) is 10.4. The minimum absolute atomic E-state index is 0.136. The monoisotopic (exact) mass is 278 g/mol. The first kappa shape index (κ1) is 13.5. The molecule has 1 aliphatic carbocycles. The number of anilines is 1. The Balaban J connectivity index is 2.15. The van der Waals surface area contributed by atoms with Gasteiger partial charge in [-0.15, -0.1) is 0 Å². The van der Waals surface area contributed by atoms with Gasteiger partial charge < -0.3 is 11.1 Å². The highest BCUT2D eigenvalue weighted by Crippen LogP contribution is 2.36. The van der Waals surface area contributed by atoms with Gasteiger partial charge in [0.1, 0.15) is 0 Å². The van der Waals surface area contributed by atoms with E-state index in [2.05, 4.69) is 5.32 Å². The maximum absolute atomic E-state index is 12.7. The molecule has 0 saturated heterocycles. The van der Waals surface area contributed by atoms with Crippen LogP contribution in [0.2, 0.25) is 5.02 Å². The number of rotatable bonds is 2. The van der Waals surface area contributed by atoms with E-state index < -0.39 is 11.7 Å². The molecule has 2 rings (SSSR count). The SMILES string of the molecule is NC1CCC(Nc2ccc(Cl)c(C(F)(F)F)c2)C1. The van der Waals surface area contributed by atoms with Crippen molar-refractivity contribution in [2.24, 2.45) is 5.73 Å². The number of hydrogen-bond donors (Lipinski definition) is 2. The molecule has 3 N–H and O–H groups in total. The number of nitrogens with one attached hydrogen (secondary N) is 1. The summed E-state index contributed by atoms with van der Waals surface area (Å²) in [4.78, 5) is 0. The minimum atomic E-state index is -4.43. The molecule has 0 radical (unpaired) electrons. The van der Waals surface area contributed by atoms with Crippen molar-refractivity contribution in [3.05, 3.63) is 28.8 Å². The van der Waals surface area contributed by atoms with Crippen LogP contribution in [0.25, 0.3) is 0 Å². The van der Waals surface area contributed by atoms with Crippen LogP contribution in [0.5, 0.6) is 0 Å². The van der Waals surface area contributed by atoms with Gasteiger partial charge in [0.05, 0.1) is 10.6 Å². The Morgan fingerprint density at radius 1 is 1.28 bits per heavy atom. The third-order valence-corrected chi connectivity index (χ3v) is 3.45. The Labute approximate surface area is 108 Å². The summed E-state index contributed by atoms with van der Waals surface area (Å²) in [6, 6.07) is 4.15. The van der Waals surface area contributed by atoms with Crippen molar-refractivity contribution >= 4 is 17.3 Å². The van der Waals surface area contributed by atoms with E-state index in [-0.39, 0.29) is 17.1 Å². The van der Waals surface area contributed by atoms with Gasteiger partial charge in [-0.2, -0.15) is 13.2 Å². The van der Waals surface area contributed by atoms with Crippen molar-refractivity contribution < 1.29 is 13.2 Å². The van der Waals surface area contributed by atoms with E-state index >= 15 is 0 Å². The van der Waals surface area contributed by atoms with Gasteiger partial charge in [-0.1, -0.05) is 11.6 Å². The molecule has 1 aromatic rings. The van der Waals surface area contributed by atoms with E-state index in [1.165, 1.54) is 6.07 Å². The average molecular weight is 279 g/mol. The molecule has 0 heterocycles. The highest BCUT2D eigenvalue weighted by molar-refractivity contribution is 6.31. The van der Waals surface area contributed by atoms with Crippen molar-refractivity contribution in [3.8, 4) is 0 Å².